The van der Waals surface area contributed by atoms with Gasteiger partial charge in [0.15, 0.2) is 0 Å². The highest BCUT2D eigenvalue weighted by molar-refractivity contribution is 7.11. The van der Waals surface area contributed by atoms with Crippen molar-refractivity contribution in [2.24, 2.45) is 0 Å². The minimum Gasteiger partial charge on any atom is -0.391 e. The third-order valence-electron chi connectivity index (χ3n) is 2.36. The number of morpholine rings is 1. The van der Waals surface area contributed by atoms with Gasteiger partial charge in [0.25, 0.3) is 0 Å². The molecule has 0 radical (unpaired) electrons. The van der Waals surface area contributed by atoms with Crippen LogP contribution in [0.15, 0.2) is 12.1 Å². The topological polar surface area (TPSA) is 32.7 Å². The molecule has 0 unspecified atom stereocenters. The smallest absolute Gasteiger partial charge is 0.0774 e. The highest BCUT2D eigenvalue weighted by Gasteiger charge is 2.11. The SMILES string of the molecule is OCc1ccc(CN2CCOCC2)s1. The van der Waals surface area contributed by atoms with E-state index in [1.165, 1.54) is 4.88 Å². The average molecular weight is 213 g/mol. The van der Waals surface area contributed by atoms with E-state index in [-0.39, 0.29) is 6.61 Å². The average Bonchev–Trinajstić information content (AvgIpc) is 2.67. The Hall–Kier alpha value is -0.420. The van der Waals surface area contributed by atoms with Gasteiger partial charge >= 0.3 is 0 Å². The number of hydrogen-bond acceptors (Lipinski definition) is 4. The number of nitrogens with zero attached hydrogens (tertiary/aromatic N) is 1. The molecule has 0 aromatic carbocycles. The molecule has 1 aliphatic heterocycles. The second-order valence-corrected chi connectivity index (χ2v) is 4.67. The molecule has 0 aliphatic carbocycles. The van der Waals surface area contributed by atoms with E-state index in [0.717, 1.165) is 37.7 Å². The van der Waals surface area contributed by atoms with Crippen LogP contribution in [-0.4, -0.2) is 36.3 Å². The summed E-state index contributed by atoms with van der Waals surface area (Å²) in [7, 11) is 0. The lowest BCUT2D eigenvalue weighted by molar-refractivity contribution is 0.0346. The summed E-state index contributed by atoms with van der Waals surface area (Å²) in [4.78, 5) is 4.76. The van der Waals surface area contributed by atoms with Gasteiger partial charge in [-0.2, -0.15) is 0 Å². The largest absolute Gasteiger partial charge is 0.391 e. The molecule has 0 saturated carbocycles. The van der Waals surface area contributed by atoms with Gasteiger partial charge in [-0.1, -0.05) is 0 Å². The monoisotopic (exact) mass is 213 g/mol. The molecule has 78 valence electrons. The summed E-state index contributed by atoms with van der Waals surface area (Å²) in [6.45, 7) is 4.89. The quantitative estimate of drug-likeness (QED) is 0.815. The number of thiophene rings is 1. The van der Waals surface area contributed by atoms with Gasteiger partial charge in [-0.05, 0) is 12.1 Å². The molecule has 1 saturated heterocycles. The molecule has 0 atom stereocenters. The molecular formula is C10H15NO2S. The highest BCUT2D eigenvalue weighted by Crippen LogP contribution is 2.18. The Labute approximate surface area is 87.9 Å². The fraction of sp³-hybridized carbons (Fsp3) is 0.600. The van der Waals surface area contributed by atoms with E-state index in [2.05, 4.69) is 11.0 Å². The minimum absolute atomic E-state index is 0.160. The number of ether oxygens (including phenoxy) is 1. The second-order valence-electron chi connectivity index (χ2n) is 3.41. The summed E-state index contributed by atoms with van der Waals surface area (Å²) in [5.41, 5.74) is 0. The molecule has 1 aliphatic rings. The van der Waals surface area contributed by atoms with Gasteiger partial charge in [-0.3, -0.25) is 4.90 Å². The van der Waals surface area contributed by atoms with Crippen LogP contribution >= 0.6 is 11.3 Å². The molecule has 0 spiro atoms. The van der Waals surface area contributed by atoms with E-state index in [9.17, 15) is 0 Å². The van der Waals surface area contributed by atoms with Gasteiger partial charge in [0.05, 0.1) is 19.8 Å². The van der Waals surface area contributed by atoms with Crippen LogP contribution in [0.25, 0.3) is 0 Å². The molecule has 0 amide bonds. The predicted octanol–water partition coefficient (Wildman–Crippen LogP) is 1.07. The van der Waals surface area contributed by atoms with Crippen molar-refractivity contribution in [3.8, 4) is 0 Å². The van der Waals surface area contributed by atoms with Crippen molar-refractivity contribution in [1.29, 1.82) is 0 Å². The summed E-state index contributed by atoms with van der Waals surface area (Å²) in [6, 6.07) is 4.10. The Bertz CT molecular complexity index is 281. The molecule has 1 fully saturated rings. The predicted molar refractivity (Wildman–Crippen MR) is 56.3 cm³/mol. The Balaban J connectivity index is 1.89. The first-order valence-corrected chi connectivity index (χ1v) is 5.68. The first-order valence-electron chi connectivity index (χ1n) is 4.87. The molecule has 14 heavy (non-hydrogen) atoms. The van der Waals surface area contributed by atoms with Crippen molar-refractivity contribution in [3.05, 3.63) is 21.9 Å². The number of hydrogen-bond donors (Lipinski definition) is 1. The lowest BCUT2D eigenvalue weighted by Crippen LogP contribution is -2.35. The van der Waals surface area contributed by atoms with Gasteiger partial charge < -0.3 is 9.84 Å². The van der Waals surface area contributed by atoms with E-state index in [0.29, 0.717) is 0 Å². The van der Waals surface area contributed by atoms with Crippen molar-refractivity contribution < 1.29 is 9.84 Å². The lowest BCUT2D eigenvalue weighted by atomic mass is 10.3. The normalized spacial score (nSPS) is 18.6. The molecule has 2 heterocycles. The van der Waals surface area contributed by atoms with Crippen LogP contribution in [0, 0.1) is 0 Å². The number of aliphatic hydroxyl groups excluding tert-OH is 1. The third-order valence-corrected chi connectivity index (χ3v) is 3.41. The van der Waals surface area contributed by atoms with Crippen molar-refractivity contribution in [2.75, 3.05) is 26.3 Å². The van der Waals surface area contributed by atoms with Crippen LogP contribution in [0.2, 0.25) is 0 Å². The van der Waals surface area contributed by atoms with Crippen molar-refractivity contribution in [2.45, 2.75) is 13.2 Å². The van der Waals surface area contributed by atoms with Gasteiger partial charge in [-0.15, -0.1) is 11.3 Å². The Morgan fingerprint density at radius 1 is 1.29 bits per heavy atom. The second kappa shape index (κ2) is 4.89. The van der Waals surface area contributed by atoms with Crippen LogP contribution in [0.3, 0.4) is 0 Å². The highest BCUT2D eigenvalue weighted by atomic mass is 32.1. The molecule has 0 bridgehead atoms. The summed E-state index contributed by atoms with van der Waals surface area (Å²) in [6.07, 6.45) is 0. The maximum atomic E-state index is 8.93. The minimum atomic E-state index is 0.160. The summed E-state index contributed by atoms with van der Waals surface area (Å²) >= 11 is 1.69. The summed E-state index contributed by atoms with van der Waals surface area (Å²) in [5.74, 6) is 0. The molecule has 2 rings (SSSR count). The zero-order chi connectivity index (χ0) is 9.80. The molecule has 1 aromatic heterocycles. The fourth-order valence-corrected chi connectivity index (χ4v) is 2.49. The van der Waals surface area contributed by atoms with Gasteiger partial charge in [0, 0.05) is 29.4 Å². The number of rotatable bonds is 3. The maximum absolute atomic E-state index is 8.93. The number of aliphatic hydroxyl groups is 1. The molecule has 1 N–H and O–H groups in total. The van der Waals surface area contributed by atoms with E-state index < -0.39 is 0 Å². The van der Waals surface area contributed by atoms with Crippen molar-refractivity contribution in [1.82, 2.24) is 4.90 Å². The van der Waals surface area contributed by atoms with Crippen LogP contribution in [0.4, 0.5) is 0 Å². The first-order chi connectivity index (χ1) is 6.88. The Morgan fingerprint density at radius 3 is 2.64 bits per heavy atom. The third kappa shape index (κ3) is 2.54. The van der Waals surface area contributed by atoms with E-state index in [1.54, 1.807) is 11.3 Å². The van der Waals surface area contributed by atoms with Crippen LogP contribution < -0.4 is 0 Å². The zero-order valence-corrected chi connectivity index (χ0v) is 8.92. The molecule has 1 aromatic rings. The fourth-order valence-electron chi connectivity index (χ4n) is 1.57. The van der Waals surface area contributed by atoms with Crippen LogP contribution in [0.1, 0.15) is 9.75 Å². The molecule has 4 heteroatoms. The van der Waals surface area contributed by atoms with E-state index in [1.807, 2.05) is 6.07 Å². The molecular weight excluding hydrogens is 198 g/mol. The lowest BCUT2D eigenvalue weighted by Gasteiger charge is -2.25. The van der Waals surface area contributed by atoms with Crippen molar-refractivity contribution in [3.63, 3.8) is 0 Å². The van der Waals surface area contributed by atoms with Gasteiger partial charge in [-0.25, -0.2) is 0 Å². The summed E-state index contributed by atoms with van der Waals surface area (Å²) in [5, 5.41) is 8.93. The van der Waals surface area contributed by atoms with Gasteiger partial charge in [0.2, 0.25) is 0 Å². The standard InChI is InChI=1S/C10H15NO2S/c12-8-10-2-1-9(14-10)7-11-3-5-13-6-4-11/h1-2,12H,3-8H2. The zero-order valence-electron chi connectivity index (χ0n) is 8.11. The first kappa shape index (κ1) is 10.1. The Kier molecular flexibility index (Phi) is 3.53. The molecule has 3 nitrogen and oxygen atoms in total. The van der Waals surface area contributed by atoms with Gasteiger partial charge in [0.1, 0.15) is 0 Å². The Morgan fingerprint density at radius 2 is 2.00 bits per heavy atom. The van der Waals surface area contributed by atoms with Crippen molar-refractivity contribution >= 4 is 11.3 Å². The van der Waals surface area contributed by atoms with E-state index in [4.69, 9.17) is 9.84 Å². The maximum Gasteiger partial charge on any atom is 0.0774 e. The summed E-state index contributed by atoms with van der Waals surface area (Å²) < 4.78 is 5.29. The van der Waals surface area contributed by atoms with Crippen LogP contribution in [0.5, 0.6) is 0 Å². The van der Waals surface area contributed by atoms with E-state index >= 15 is 0 Å². The van der Waals surface area contributed by atoms with Crippen LogP contribution in [-0.2, 0) is 17.9 Å².